The van der Waals surface area contributed by atoms with E-state index in [4.69, 9.17) is 5.73 Å². The fourth-order valence-electron chi connectivity index (χ4n) is 1.90. The second-order valence-corrected chi connectivity index (χ2v) is 5.48. The summed E-state index contributed by atoms with van der Waals surface area (Å²) in [4.78, 5) is 4.33. The molecule has 1 aromatic rings. The van der Waals surface area contributed by atoms with Gasteiger partial charge >= 0.3 is 0 Å². The minimum Gasteiger partial charge on any atom is -0.323 e. The first-order valence-electron chi connectivity index (χ1n) is 6.61. The summed E-state index contributed by atoms with van der Waals surface area (Å²) in [6, 6.07) is 4.10. The van der Waals surface area contributed by atoms with Gasteiger partial charge in [-0.25, -0.2) is 0 Å². The largest absolute Gasteiger partial charge is 0.323 e. The van der Waals surface area contributed by atoms with Gasteiger partial charge in [0.15, 0.2) is 0 Å². The number of aromatic nitrogens is 1. The highest BCUT2D eigenvalue weighted by molar-refractivity contribution is 9.10. The van der Waals surface area contributed by atoms with Crippen molar-refractivity contribution in [2.45, 2.75) is 57.9 Å². The van der Waals surface area contributed by atoms with Gasteiger partial charge in [-0.05, 0) is 34.5 Å². The molecule has 2 nitrogen and oxygen atoms in total. The Morgan fingerprint density at radius 1 is 1.18 bits per heavy atom. The summed E-state index contributed by atoms with van der Waals surface area (Å²) < 4.78 is 1.01. The van der Waals surface area contributed by atoms with Gasteiger partial charge in [-0.1, -0.05) is 45.4 Å². The van der Waals surface area contributed by atoms with Crippen molar-refractivity contribution >= 4 is 15.9 Å². The van der Waals surface area contributed by atoms with E-state index in [2.05, 4.69) is 27.8 Å². The van der Waals surface area contributed by atoms with Crippen LogP contribution in [0.25, 0.3) is 0 Å². The lowest BCUT2D eigenvalue weighted by atomic mass is 10.0. The zero-order valence-electron chi connectivity index (χ0n) is 10.7. The number of halogens is 1. The number of nitrogens with two attached hydrogens (primary N) is 1. The molecule has 0 saturated heterocycles. The Kier molecular flexibility index (Phi) is 7.45. The quantitative estimate of drug-likeness (QED) is 0.713. The number of pyridine rings is 1. The molecule has 1 unspecified atom stereocenters. The van der Waals surface area contributed by atoms with Crippen molar-refractivity contribution in [1.29, 1.82) is 0 Å². The van der Waals surface area contributed by atoms with Crippen LogP contribution in [0.1, 0.15) is 63.6 Å². The van der Waals surface area contributed by atoms with Crippen molar-refractivity contribution in [1.82, 2.24) is 4.98 Å². The number of hydrogen-bond acceptors (Lipinski definition) is 2. The molecule has 0 bridgehead atoms. The van der Waals surface area contributed by atoms with Crippen molar-refractivity contribution in [2.75, 3.05) is 0 Å². The van der Waals surface area contributed by atoms with Gasteiger partial charge in [0.1, 0.15) is 0 Å². The first kappa shape index (κ1) is 14.7. The molecule has 1 heterocycles. The van der Waals surface area contributed by atoms with Crippen LogP contribution in [-0.4, -0.2) is 4.98 Å². The highest BCUT2D eigenvalue weighted by atomic mass is 79.9. The van der Waals surface area contributed by atoms with Gasteiger partial charge in [0.05, 0.1) is 5.69 Å². The molecule has 0 amide bonds. The third-order valence-electron chi connectivity index (χ3n) is 3.00. The Morgan fingerprint density at radius 3 is 2.53 bits per heavy atom. The third-order valence-corrected chi connectivity index (χ3v) is 3.47. The summed E-state index contributed by atoms with van der Waals surface area (Å²) in [7, 11) is 0. The van der Waals surface area contributed by atoms with E-state index < -0.39 is 0 Å². The molecule has 0 radical (unpaired) electrons. The first-order valence-corrected chi connectivity index (χ1v) is 7.40. The van der Waals surface area contributed by atoms with Crippen molar-refractivity contribution in [3.05, 3.63) is 28.5 Å². The monoisotopic (exact) mass is 298 g/mol. The fourth-order valence-corrected chi connectivity index (χ4v) is 2.13. The van der Waals surface area contributed by atoms with Crippen LogP contribution in [0.5, 0.6) is 0 Å². The molecule has 1 rings (SSSR count). The molecule has 0 aliphatic heterocycles. The Morgan fingerprint density at radius 2 is 1.88 bits per heavy atom. The molecule has 0 aliphatic rings. The second kappa shape index (κ2) is 8.65. The third kappa shape index (κ3) is 6.18. The lowest BCUT2D eigenvalue weighted by Crippen LogP contribution is -2.11. The van der Waals surface area contributed by atoms with Crippen LogP contribution < -0.4 is 5.73 Å². The summed E-state index contributed by atoms with van der Waals surface area (Å²) in [6.07, 6.45) is 10.7. The molecule has 2 N–H and O–H groups in total. The standard InChI is InChI=1S/C14H23BrN2/c1-2-3-4-5-6-7-8-13(16)14-10-9-12(15)11-17-14/h9-11,13H,2-8,16H2,1H3. The number of hydrogen-bond donors (Lipinski definition) is 1. The topological polar surface area (TPSA) is 38.9 Å². The highest BCUT2D eigenvalue weighted by Gasteiger charge is 2.06. The molecular weight excluding hydrogens is 276 g/mol. The van der Waals surface area contributed by atoms with Gasteiger partial charge in [0, 0.05) is 16.7 Å². The average molecular weight is 299 g/mol. The Hall–Kier alpha value is -0.410. The summed E-state index contributed by atoms with van der Waals surface area (Å²) in [6.45, 7) is 2.25. The van der Waals surface area contributed by atoms with Crippen molar-refractivity contribution in [3.8, 4) is 0 Å². The van der Waals surface area contributed by atoms with Gasteiger partial charge in [-0.15, -0.1) is 0 Å². The van der Waals surface area contributed by atoms with E-state index in [0.717, 1.165) is 16.6 Å². The van der Waals surface area contributed by atoms with Crippen LogP contribution >= 0.6 is 15.9 Å². The molecule has 0 fully saturated rings. The molecule has 3 heteroatoms. The van der Waals surface area contributed by atoms with E-state index in [9.17, 15) is 0 Å². The SMILES string of the molecule is CCCCCCCCC(N)c1ccc(Br)cn1. The van der Waals surface area contributed by atoms with Gasteiger partial charge in [0.2, 0.25) is 0 Å². The zero-order chi connectivity index (χ0) is 12.5. The normalized spacial score (nSPS) is 12.6. The molecule has 0 aromatic carbocycles. The molecule has 0 aliphatic carbocycles. The first-order chi connectivity index (χ1) is 8.24. The van der Waals surface area contributed by atoms with E-state index in [-0.39, 0.29) is 6.04 Å². The summed E-state index contributed by atoms with van der Waals surface area (Å²) in [5, 5.41) is 0. The maximum atomic E-state index is 6.11. The molecule has 0 spiro atoms. The van der Waals surface area contributed by atoms with Gasteiger partial charge in [-0.2, -0.15) is 0 Å². The predicted octanol–water partition coefficient (Wildman–Crippen LogP) is 4.59. The van der Waals surface area contributed by atoms with Crippen LogP contribution in [0, 0.1) is 0 Å². The minimum absolute atomic E-state index is 0.0919. The summed E-state index contributed by atoms with van der Waals surface area (Å²) in [5.74, 6) is 0. The van der Waals surface area contributed by atoms with Crippen LogP contribution in [0.15, 0.2) is 22.8 Å². The average Bonchev–Trinajstić information content (AvgIpc) is 2.34. The van der Waals surface area contributed by atoms with E-state index in [1.807, 2.05) is 18.3 Å². The van der Waals surface area contributed by atoms with Crippen LogP contribution in [-0.2, 0) is 0 Å². The van der Waals surface area contributed by atoms with Crippen LogP contribution in [0.3, 0.4) is 0 Å². The van der Waals surface area contributed by atoms with Gasteiger partial charge in [-0.3, -0.25) is 4.98 Å². The second-order valence-electron chi connectivity index (χ2n) is 4.56. The van der Waals surface area contributed by atoms with E-state index in [0.29, 0.717) is 0 Å². The molecule has 1 atom stereocenters. The van der Waals surface area contributed by atoms with Crippen LogP contribution in [0.2, 0.25) is 0 Å². The summed E-state index contributed by atoms with van der Waals surface area (Å²) >= 11 is 3.38. The number of unbranched alkanes of at least 4 members (excludes halogenated alkanes) is 5. The van der Waals surface area contributed by atoms with Crippen LogP contribution in [0.4, 0.5) is 0 Å². The smallest absolute Gasteiger partial charge is 0.0571 e. The summed E-state index contributed by atoms with van der Waals surface area (Å²) in [5.41, 5.74) is 7.11. The molecular formula is C14H23BrN2. The van der Waals surface area contributed by atoms with Crippen molar-refractivity contribution in [3.63, 3.8) is 0 Å². The van der Waals surface area contributed by atoms with Crippen molar-refractivity contribution in [2.24, 2.45) is 5.73 Å². The Bertz CT molecular complexity index is 298. The Balaban J connectivity index is 2.16. The molecule has 1 aromatic heterocycles. The maximum absolute atomic E-state index is 6.11. The van der Waals surface area contributed by atoms with E-state index >= 15 is 0 Å². The van der Waals surface area contributed by atoms with Gasteiger partial charge < -0.3 is 5.73 Å². The minimum atomic E-state index is 0.0919. The lowest BCUT2D eigenvalue weighted by Gasteiger charge is -2.10. The number of rotatable bonds is 8. The molecule has 96 valence electrons. The van der Waals surface area contributed by atoms with E-state index in [1.165, 1.54) is 38.5 Å². The lowest BCUT2D eigenvalue weighted by molar-refractivity contribution is 0.541. The Labute approximate surface area is 113 Å². The zero-order valence-corrected chi connectivity index (χ0v) is 12.2. The van der Waals surface area contributed by atoms with Crippen molar-refractivity contribution < 1.29 is 0 Å². The maximum Gasteiger partial charge on any atom is 0.0571 e. The number of nitrogens with zero attached hydrogens (tertiary/aromatic N) is 1. The fraction of sp³-hybridized carbons (Fsp3) is 0.643. The molecule has 0 saturated carbocycles. The predicted molar refractivity (Wildman–Crippen MR) is 76.9 cm³/mol. The van der Waals surface area contributed by atoms with E-state index in [1.54, 1.807) is 0 Å². The highest BCUT2D eigenvalue weighted by Crippen LogP contribution is 2.18. The van der Waals surface area contributed by atoms with Gasteiger partial charge in [0.25, 0.3) is 0 Å². The molecule has 17 heavy (non-hydrogen) atoms.